The van der Waals surface area contributed by atoms with Gasteiger partial charge in [0.25, 0.3) is 0 Å². The Kier molecular flexibility index (Phi) is 6.55. The zero-order chi connectivity index (χ0) is 4.99. The number of carboxylic acid groups (broad SMARTS) is 1. The summed E-state index contributed by atoms with van der Waals surface area (Å²) in [5.41, 5.74) is 0. The second kappa shape index (κ2) is 4.92. The van der Waals surface area contributed by atoms with E-state index >= 15 is 0 Å². The Bertz CT molecular complexity index is 92.8. The summed E-state index contributed by atoms with van der Waals surface area (Å²) in [7, 11) is 0. The lowest BCUT2D eigenvalue weighted by Gasteiger charge is -1.70. The zero-order valence-corrected chi connectivity index (χ0v) is 3.51. The van der Waals surface area contributed by atoms with Gasteiger partial charge in [-0.05, 0) is 0 Å². The summed E-state index contributed by atoms with van der Waals surface area (Å²) in [5, 5.41) is 15.3. The van der Waals surface area contributed by atoms with Crippen molar-refractivity contribution < 1.29 is 15.4 Å². The quantitative estimate of drug-likeness (QED) is 0.468. The number of nitriles is 1. The molecular formula is C3H5NO3. The molecule has 0 amide bonds. The first-order chi connectivity index (χ1) is 2.77. The van der Waals surface area contributed by atoms with E-state index in [0.29, 0.717) is 0 Å². The van der Waals surface area contributed by atoms with E-state index in [1.165, 1.54) is 6.07 Å². The van der Waals surface area contributed by atoms with Crippen LogP contribution in [0.25, 0.3) is 0 Å². The van der Waals surface area contributed by atoms with E-state index in [4.69, 9.17) is 10.4 Å². The fourth-order valence-electron chi connectivity index (χ4n) is 0.0676. The maximum absolute atomic E-state index is 9.38. The lowest BCUT2D eigenvalue weighted by atomic mass is 10.5. The van der Waals surface area contributed by atoms with Gasteiger partial charge in [-0.3, -0.25) is 4.79 Å². The molecule has 0 heterocycles. The molecular weight excluding hydrogens is 98.0 g/mol. The molecule has 0 fully saturated rings. The van der Waals surface area contributed by atoms with Crippen LogP contribution in [-0.2, 0) is 4.79 Å². The number of aliphatic carboxylic acids is 1. The van der Waals surface area contributed by atoms with Crippen molar-refractivity contribution in [3.8, 4) is 6.07 Å². The Balaban J connectivity index is 0. The van der Waals surface area contributed by atoms with Gasteiger partial charge >= 0.3 is 5.97 Å². The minimum absolute atomic E-state index is 0. The van der Waals surface area contributed by atoms with Crippen LogP contribution in [0.5, 0.6) is 0 Å². The molecule has 4 heteroatoms. The van der Waals surface area contributed by atoms with Gasteiger partial charge in [0.15, 0.2) is 0 Å². The smallest absolute Gasteiger partial charge is 0.317 e. The largest absolute Gasteiger partial charge is 0.480 e. The van der Waals surface area contributed by atoms with Crippen molar-refractivity contribution >= 4 is 5.97 Å². The van der Waals surface area contributed by atoms with Crippen LogP contribution in [0.4, 0.5) is 0 Å². The van der Waals surface area contributed by atoms with Crippen LogP contribution in [-0.4, -0.2) is 16.6 Å². The summed E-state index contributed by atoms with van der Waals surface area (Å²) in [6.45, 7) is 0. The van der Waals surface area contributed by atoms with Crippen molar-refractivity contribution in [1.29, 1.82) is 5.26 Å². The average molecular weight is 103 g/mol. The van der Waals surface area contributed by atoms with E-state index in [0.717, 1.165) is 0 Å². The van der Waals surface area contributed by atoms with Crippen LogP contribution >= 0.6 is 0 Å². The Hall–Kier alpha value is -1.08. The van der Waals surface area contributed by atoms with Gasteiger partial charge in [-0.15, -0.1) is 0 Å². The van der Waals surface area contributed by atoms with Crippen molar-refractivity contribution in [3.63, 3.8) is 0 Å². The van der Waals surface area contributed by atoms with Crippen LogP contribution in [0.3, 0.4) is 0 Å². The molecule has 7 heavy (non-hydrogen) atoms. The molecule has 0 aliphatic carbocycles. The molecule has 40 valence electrons. The SMILES string of the molecule is N#CCC(=O)O.O. The van der Waals surface area contributed by atoms with E-state index < -0.39 is 12.4 Å². The van der Waals surface area contributed by atoms with E-state index in [9.17, 15) is 4.79 Å². The monoisotopic (exact) mass is 103 g/mol. The first kappa shape index (κ1) is 9.33. The number of nitrogens with zero attached hydrogens (tertiary/aromatic N) is 1. The van der Waals surface area contributed by atoms with Crippen LogP contribution in [0.2, 0.25) is 0 Å². The average Bonchev–Trinajstić information content (AvgIpc) is 1.35. The van der Waals surface area contributed by atoms with Gasteiger partial charge in [0.1, 0.15) is 6.42 Å². The predicted octanol–water partition coefficient (Wildman–Crippen LogP) is -0.840. The summed E-state index contributed by atoms with van der Waals surface area (Å²) >= 11 is 0. The Labute approximate surface area is 40.3 Å². The normalized spacial score (nSPS) is 5.57. The number of rotatable bonds is 1. The van der Waals surface area contributed by atoms with Crippen LogP contribution in [0.15, 0.2) is 0 Å². The molecule has 0 bridgehead atoms. The minimum atomic E-state index is -1.07. The molecule has 3 N–H and O–H groups in total. The fourth-order valence-corrected chi connectivity index (χ4v) is 0.0676. The fraction of sp³-hybridized carbons (Fsp3) is 0.333. The van der Waals surface area contributed by atoms with Gasteiger partial charge in [0.05, 0.1) is 6.07 Å². The highest BCUT2D eigenvalue weighted by atomic mass is 16.4. The lowest BCUT2D eigenvalue weighted by molar-refractivity contribution is -0.135. The van der Waals surface area contributed by atoms with Crippen molar-refractivity contribution in [2.24, 2.45) is 0 Å². The maximum Gasteiger partial charge on any atom is 0.317 e. The maximum atomic E-state index is 9.38. The summed E-state index contributed by atoms with van der Waals surface area (Å²) in [4.78, 5) is 9.38. The van der Waals surface area contributed by atoms with Gasteiger partial charge in [-0.25, -0.2) is 0 Å². The summed E-state index contributed by atoms with van der Waals surface area (Å²) < 4.78 is 0. The number of carboxylic acids is 1. The second-order valence-electron chi connectivity index (χ2n) is 0.729. The van der Waals surface area contributed by atoms with Crippen molar-refractivity contribution in [2.75, 3.05) is 0 Å². The molecule has 0 atom stereocenters. The molecule has 0 aliphatic rings. The van der Waals surface area contributed by atoms with Crippen molar-refractivity contribution in [3.05, 3.63) is 0 Å². The summed E-state index contributed by atoms with van der Waals surface area (Å²) in [5.74, 6) is -1.07. The molecule has 0 unspecified atom stereocenters. The lowest BCUT2D eigenvalue weighted by Crippen LogP contribution is -1.88. The third-order valence-corrected chi connectivity index (χ3v) is 0.230. The highest BCUT2D eigenvalue weighted by molar-refractivity contribution is 5.69. The van der Waals surface area contributed by atoms with E-state index in [-0.39, 0.29) is 5.48 Å². The number of hydrogen-bond acceptors (Lipinski definition) is 2. The molecule has 0 aromatic carbocycles. The molecule has 0 saturated heterocycles. The zero-order valence-electron chi connectivity index (χ0n) is 3.51. The minimum Gasteiger partial charge on any atom is -0.480 e. The highest BCUT2D eigenvalue weighted by Gasteiger charge is 1.87. The molecule has 4 nitrogen and oxygen atoms in total. The first-order valence-corrected chi connectivity index (χ1v) is 1.36. The van der Waals surface area contributed by atoms with Crippen molar-refractivity contribution in [1.82, 2.24) is 0 Å². The Morgan fingerprint density at radius 2 is 2.29 bits per heavy atom. The molecule has 0 aromatic rings. The van der Waals surface area contributed by atoms with Crippen LogP contribution in [0, 0.1) is 11.3 Å². The molecule has 0 saturated carbocycles. The van der Waals surface area contributed by atoms with Crippen molar-refractivity contribution in [2.45, 2.75) is 6.42 Å². The Morgan fingerprint density at radius 1 is 1.86 bits per heavy atom. The molecule has 0 radical (unpaired) electrons. The van der Waals surface area contributed by atoms with E-state index in [2.05, 4.69) is 0 Å². The third-order valence-electron chi connectivity index (χ3n) is 0.230. The second-order valence-corrected chi connectivity index (χ2v) is 0.729. The number of carbonyl (C=O) groups is 1. The van der Waals surface area contributed by atoms with Gasteiger partial charge in [-0.2, -0.15) is 5.26 Å². The first-order valence-electron chi connectivity index (χ1n) is 1.36. The summed E-state index contributed by atoms with van der Waals surface area (Å²) in [6, 6.07) is 1.47. The van der Waals surface area contributed by atoms with E-state index in [1.54, 1.807) is 0 Å². The van der Waals surface area contributed by atoms with E-state index in [1.807, 2.05) is 0 Å². The Morgan fingerprint density at radius 3 is 2.29 bits per heavy atom. The summed E-state index contributed by atoms with van der Waals surface area (Å²) in [6.07, 6.45) is -0.403. The van der Waals surface area contributed by atoms with Crippen LogP contribution in [0.1, 0.15) is 6.42 Å². The number of hydrogen-bond donors (Lipinski definition) is 1. The van der Waals surface area contributed by atoms with Gasteiger partial charge in [0, 0.05) is 0 Å². The third kappa shape index (κ3) is 11.4. The molecule has 0 aromatic heterocycles. The highest BCUT2D eigenvalue weighted by Crippen LogP contribution is 1.68. The van der Waals surface area contributed by atoms with Gasteiger partial charge in [-0.1, -0.05) is 0 Å². The van der Waals surface area contributed by atoms with Gasteiger partial charge < -0.3 is 10.6 Å². The molecule has 0 aliphatic heterocycles. The predicted molar refractivity (Wildman–Crippen MR) is 21.5 cm³/mol. The topological polar surface area (TPSA) is 92.6 Å². The molecule has 0 rings (SSSR count). The van der Waals surface area contributed by atoms with Gasteiger partial charge in [0.2, 0.25) is 0 Å². The van der Waals surface area contributed by atoms with Crippen LogP contribution < -0.4 is 0 Å². The molecule has 0 spiro atoms. The standard InChI is InChI=1S/C3H3NO2.H2O/c4-2-1-3(5)6;/h1H2,(H,5,6);1H2.